The number of anilines is 1. The Hall–Kier alpha value is -3.75. The molecule has 4 rings (SSSR count). The van der Waals surface area contributed by atoms with Crippen molar-refractivity contribution in [1.82, 2.24) is 25.7 Å². The Bertz CT molecular complexity index is 1250. The summed E-state index contributed by atoms with van der Waals surface area (Å²) >= 11 is 0. The number of pyridine rings is 1. The van der Waals surface area contributed by atoms with E-state index in [0.717, 1.165) is 4.90 Å². The van der Waals surface area contributed by atoms with Crippen LogP contribution in [0.2, 0.25) is 0 Å². The van der Waals surface area contributed by atoms with E-state index in [2.05, 4.69) is 26.1 Å². The molecule has 11 nitrogen and oxygen atoms in total. The summed E-state index contributed by atoms with van der Waals surface area (Å²) in [6, 6.07) is 0.0741. The van der Waals surface area contributed by atoms with Gasteiger partial charge < -0.3 is 30.1 Å². The van der Waals surface area contributed by atoms with Crippen LogP contribution in [0.5, 0.6) is 0 Å². The fourth-order valence-electron chi connectivity index (χ4n) is 5.08. The standard InChI is InChI=1S/C26H32F4N6O5/c1-3-15-11-41-35-21(15)23(38)34-20(16-4-7-25(27,28)8-5-16)22(37)33-19-10-17(6-9-31-19)18(12-40-2)36-14-26(29,30)13-32-24(36)39/h6,9-11,16,18,20H,3-5,7-8,12-14H2,1-2H3,(H,32,39)(H,34,38)(H,31,33,37)/t18-,20-/m1/s1. The third-order valence-electron chi connectivity index (χ3n) is 7.32. The minimum atomic E-state index is -3.16. The van der Waals surface area contributed by atoms with Gasteiger partial charge in [0.1, 0.15) is 18.1 Å². The summed E-state index contributed by atoms with van der Waals surface area (Å²) in [5, 5.41) is 11.1. The molecule has 0 aromatic carbocycles. The molecule has 0 spiro atoms. The molecule has 0 unspecified atom stereocenters. The Balaban J connectivity index is 1.56. The SMILES string of the molecule is CCc1conc1C(=O)N[C@@H](C(=O)Nc1cc([C@@H](COC)N2CC(F)(F)CNC2=O)ccn1)C1CCC(F)(F)CC1. The van der Waals surface area contributed by atoms with Crippen molar-refractivity contribution in [3.05, 3.63) is 41.4 Å². The number of carbonyl (C=O) groups is 3. The number of urea groups is 1. The third kappa shape index (κ3) is 7.31. The van der Waals surface area contributed by atoms with Gasteiger partial charge in [0.25, 0.3) is 11.8 Å². The van der Waals surface area contributed by atoms with Crippen molar-refractivity contribution < 1.29 is 41.2 Å². The number of methoxy groups -OCH3 is 1. The topological polar surface area (TPSA) is 139 Å². The van der Waals surface area contributed by atoms with E-state index in [1.165, 1.54) is 31.7 Å². The fraction of sp³-hybridized carbons (Fsp3) is 0.577. The summed E-state index contributed by atoms with van der Waals surface area (Å²) in [5.74, 6) is -7.99. The number of hydrogen-bond acceptors (Lipinski definition) is 7. The molecule has 15 heteroatoms. The highest BCUT2D eigenvalue weighted by Gasteiger charge is 2.43. The van der Waals surface area contributed by atoms with Gasteiger partial charge in [0.05, 0.1) is 25.7 Å². The Morgan fingerprint density at radius 1 is 1.24 bits per heavy atom. The molecule has 4 amide bonds. The zero-order chi connectivity index (χ0) is 29.8. The van der Waals surface area contributed by atoms with Gasteiger partial charge >= 0.3 is 6.03 Å². The number of halogens is 4. The number of alkyl halides is 4. The number of rotatable bonds is 10. The number of nitrogens with one attached hydrogen (secondary N) is 3. The monoisotopic (exact) mass is 584 g/mol. The summed E-state index contributed by atoms with van der Waals surface area (Å²) in [7, 11) is 1.36. The van der Waals surface area contributed by atoms with Crippen LogP contribution in [0.4, 0.5) is 28.2 Å². The van der Waals surface area contributed by atoms with Crippen molar-refractivity contribution in [3.63, 3.8) is 0 Å². The highest BCUT2D eigenvalue weighted by Crippen LogP contribution is 2.38. The smallest absolute Gasteiger partial charge is 0.318 e. The van der Waals surface area contributed by atoms with E-state index < -0.39 is 73.6 Å². The second-order valence-electron chi connectivity index (χ2n) is 10.3. The number of aromatic nitrogens is 2. The molecule has 2 aliphatic rings. The van der Waals surface area contributed by atoms with Gasteiger partial charge in [-0.05, 0) is 42.9 Å². The lowest BCUT2D eigenvalue weighted by Crippen LogP contribution is -2.58. The van der Waals surface area contributed by atoms with Crippen molar-refractivity contribution in [3.8, 4) is 0 Å². The fourth-order valence-corrected chi connectivity index (χ4v) is 5.08. The van der Waals surface area contributed by atoms with E-state index >= 15 is 0 Å². The van der Waals surface area contributed by atoms with Gasteiger partial charge in [-0.15, -0.1) is 0 Å². The minimum Gasteiger partial charge on any atom is -0.382 e. The molecule has 1 aliphatic carbocycles. The summed E-state index contributed by atoms with van der Waals surface area (Å²) in [5.41, 5.74) is 0.867. The van der Waals surface area contributed by atoms with E-state index in [-0.39, 0.29) is 31.0 Å². The summed E-state index contributed by atoms with van der Waals surface area (Å²) in [4.78, 5) is 44.0. The Kier molecular flexibility index (Phi) is 9.14. The van der Waals surface area contributed by atoms with Crippen LogP contribution in [0.25, 0.3) is 0 Å². The van der Waals surface area contributed by atoms with Crippen molar-refractivity contribution in [2.24, 2.45) is 5.92 Å². The number of aryl methyl sites for hydroxylation is 1. The van der Waals surface area contributed by atoms with Crippen molar-refractivity contribution in [1.29, 1.82) is 0 Å². The Morgan fingerprint density at radius 3 is 2.66 bits per heavy atom. The maximum atomic E-state index is 14.1. The average Bonchev–Trinajstić information content (AvgIpc) is 3.41. The van der Waals surface area contributed by atoms with Gasteiger partial charge in [0, 0.05) is 31.7 Å². The van der Waals surface area contributed by atoms with Crippen LogP contribution in [0.1, 0.15) is 60.3 Å². The second-order valence-corrected chi connectivity index (χ2v) is 10.3. The first kappa shape index (κ1) is 30.2. The van der Waals surface area contributed by atoms with Gasteiger partial charge in [-0.25, -0.2) is 27.3 Å². The molecule has 1 saturated heterocycles. The number of nitrogens with zero attached hydrogens (tertiary/aromatic N) is 3. The normalized spacial score (nSPS) is 20.1. The largest absolute Gasteiger partial charge is 0.382 e. The third-order valence-corrected chi connectivity index (χ3v) is 7.32. The van der Waals surface area contributed by atoms with Gasteiger partial charge in [0.2, 0.25) is 11.8 Å². The molecular formula is C26H32F4N6O5. The van der Waals surface area contributed by atoms with Gasteiger partial charge in [0.15, 0.2) is 5.69 Å². The molecule has 2 atom stereocenters. The van der Waals surface area contributed by atoms with Crippen LogP contribution in [-0.4, -0.2) is 77.6 Å². The first-order valence-electron chi connectivity index (χ1n) is 13.2. The maximum Gasteiger partial charge on any atom is 0.318 e. The molecule has 224 valence electrons. The summed E-state index contributed by atoms with van der Waals surface area (Å²) in [6.07, 6.45) is 2.20. The molecule has 0 radical (unpaired) electrons. The van der Waals surface area contributed by atoms with E-state index in [4.69, 9.17) is 9.26 Å². The average molecular weight is 585 g/mol. The van der Waals surface area contributed by atoms with Crippen molar-refractivity contribution in [2.45, 2.75) is 63.0 Å². The zero-order valence-electron chi connectivity index (χ0n) is 22.6. The first-order valence-corrected chi connectivity index (χ1v) is 13.2. The van der Waals surface area contributed by atoms with E-state index in [1.807, 2.05) is 0 Å². The minimum absolute atomic E-state index is 0.00746. The molecule has 3 heterocycles. The first-order chi connectivity index (χ1) is 19.4. The summed E-state index contributed by atoms with van der Waals surface area (Å²) < 4.78 is 66.0. The van der Waals surface area contributed by atoms with Crippen LogP contribution < -0.4 is 16.0 Å². The second kappa shape index (κ2) is 12.4. The number of amides is 4. The Morgan fingerprint density at radius 2 is 1.98 bits per heavy atom. The van der Waals surface area contributed by atoms with Crippen LogP contribution in [0.3, 0.4) is 0 Å². The lowest BCUT2D eigenvalue weighted by atomic mass is 9.81. The molecule has 2 aromatic heterocycles. The number of hydrogen-bond donors (Lipinski definition) is 3. The van der Waals surface area contributed by atoms with E-state index in [0.29, 0.717) is 17.5 Å². The van der Waals surface area contributed by atoms with E-state index in [9.17, 15) is 31.9 Å². The molecule has 41 heavy (non-hydrogen) atoms. The predicted octanol–water partition coefficient (Wildman–Crippen LogP) is 3.54. The number of carbonyl (C=O) groups excluding carboxylic acids is 3. The van der Waals surface area contributed by atoms with Gasteiger partial charge in [-0.1, -0.05) is 12.1 Å². The number of ether oxygens (including phenoxy) is 1. The van der Waals surface area contributed by atoms with Crippen molar-refractivity contribution >= 4 is 23.7 Å². The molecule has 2 fully saturated rings. The molecule has 0 bridgehead atoms. The molecule has 3 N–H and O–H groups in total. The molecular weight excluding hydrogens is 552 g/mol. The molecule has 1 saturated carbocycles. The molecule has 2 aromatic rings. The van der Waals surface area contributed by atoms with Crippen LogP contribution in [-0.2, 0) is 16.0 Å². The van der Waals surface area contributed by atoms with Crippen molar-refractivity contribution in [2.75, 3.05) is 32.1 Å². The van der Waals surface area contributed by atoms with Crippen LogP contribution in [0.15, 0.2) is 29.1 Å². The van der Waals surface area contributed by atoms with Crippen LogP contribution in [0, 0.1) is 5.92 Å². The lowest BCUT2D eigenvalue weighted by Gasteiger charge is -2.38. The van der Waals surface area contributed by atoms with Crippen LogP contribution >= 0.6 is 0 Å². The summed E-state index contributed by atoms with van der Waals surface area (Å²) in [6.45, 7) is 0.0568. The van der Waals surface area contributed by atoms with Gasteiger partial charge in [-0.2, -0.15) is 0 Å². The van der Waals surface area contributed by atoms with Gasteiger partial charge in [-0.3, -0.25) is 9.59 Å². The predicted molar refractivity (Wildman–Crippen MR) is 137 cm³/mol. The highest BCUT2D eigenvalue weighted by molar-refractivity contribution is 6.00. The lowest BCUT2D eigenvalue weighted by molar-refractivity contribution is -0.121. The Labute approximate surface area is 233 Å². The highest BCUT2D eigenvalue weighted by atomic mass is 19.3. The maximum absolute atomic E-state index is 14.1. The van der Waals surface area contributed by atoms with E-state index in [1.54, 1.807) is 6.92 Å². The quantitative estimate of drug-likeness (QED) is 0.363. The zero-order valence-corrected chi connectivity index (χ0v) is 22.6. The molecule has 1 aliphatic heterocycles.